The van der Waals surface area contributed by atoms with Crippen molar-refractivity contribution in [2.75, 3.05) is 26.2 Å². The fourth-order valence-electron chi connectivity index (χ4n) is 3.44. The predicted molar refractivity (Wildman–Crippen MR) is 121 cm³/mol. The minimum atomic E-state index is 0.0781. The molecule has 29 heavy (non-hydrogen) atoms. The normalized spacial score (nSPS) is 15.0. The second kappa shape index (κ2) is 8.91. The van der Waals surface area contributed by atoms with Crippen LogP contribution in [0.1, 0.15) is 10.4 Å². The highest BCUT2D eigenvalue weighted by molar-refractivity contribution is 9.11. The van der Waals surface area contributed by atoms with Crippen LogP contribution in [0.25, 0.3) is 11.4 Å². The smallest absolute Gasteiger partial charge is 0.242 e. The van der Waals surface area contributed by atoms with E-state index in [4.69, 9.17) is 12.2 Å². The molecule has 6 nitrogen and oxygen atoms in total. The molecule has 0 unspecified atom stereocenters. The van der Waals surface area contributed by atoms with E-state index >= 15 is 0 Å². The van der Waals surface area contributed by atoms with Crippen LogP contribution in [0.5, 0.6) is 0 Å². The second-order valence-electron chi connectivity index (χ2n) is 7.17. The number of hydrogen-bond acceptors (Lipinski definition) is 5. The minimum Gasteiger partial charge on any atom is -0.339 e. The van der Waals surface area contributed by atoms with Crippen LogP contribution < -0.4 is 0 Å². The summed E-state index contributed by atoms with van der Waals surface area (Å²) in [6.45, 7) is 6.40. The van der Waals surface area contributed by atoms with Crippen molar-refractivity contribution >= 4 is 45.4 Å². The predicted octanol–water partition coefficient (Wildman–Crippen LogP) is 4.08. The Balaban J connectivity index is 1.39. The highest BCUT2D eigenvalue weighted by Crippen LogP contribution is 2.24. The van der Waals surface area contributed by atoms with Crippen molar-refractivity contribution in [1.29, 1.82) is 0 Å². The van der Waals surface area contributed by atoms with Gasteiger partial charge in [0.05, 0.1) is 3.79 Å². The molecular weight excluding hydrogens is 470 g/mol. The van der Waals surface area contributed by atoms with Gasteiger partial charge in [-0.15, -0.1) is 11.3 Å². The quantitative estimate of drug-likeness (QED) is 0.546. The average Bonchev–Trinajstić information content (AvgIpc) is 3.29. The number of H-pyrrole nitrogens is 1. The van der Waals surface area contributed by atoms with Crippen molar-refractivity contribution in [3.63, 3.8) is 0 Å². The van der Waals surface area contributed by atoms with E-state index in [1.165, 1.54) is 10.4 Å². The first-order valence-electron chi connectivity index (χ1n) is 9.46. The molecule has 1 aliphatic heterocycles. The first kappa shape index (κ1) is 20.5. The number of carbonyl (C=O) groups is 1. The minimum absolute atomic E-state index is 0.0781. The largest absolute Gasteiger partial charge is 0.339 e. The van der Waals surface area contributed by atoms with Crippen LogP contribution in [0.15, 0.2) is 40.2 Å². The second-order valence-corrected chi connectivity index (χ2v) is 10.1. The number of rotatable bonds is 5. The number of benzene rings is 1. The topological polar surface area (TPSA) is 57.2 Å². The van der Waals surface area contributed by atoms with Crippen LogP contribution in [0.2, 0.25) is 0 Å². The van der Waals surface area contributed by atoms with Crippen LogP contribution in [-0.4, -0.2) is 56.7 Å². The lowest BCUT2D eigenvalue weighted by Gasteiger charge is -2.34. The Morgan fingerprint density at radius 1 is 1.17 bits per heavy atom. The van der Waals surface area contributed by atoms with E-state index in [1.54, 1.807) is 15.9 Å². The van der Waals surface area contributed by atoms with Gasteiger partial charge in [-0.25, -0.2) is 0 Å². The number of halogens is 1. The maximum atomic E-state index is 12.9. The molecule has 3 heterocycles. The lowest BCUT2D eigenvalue weighted by molar-refractivity contribution is -0.133. The Hall–Kier alpha value is -1.81. The molecule has 1 N–H and O–H groups in total. The van der Waals surface area contributed by atoms with E-state index in [-0.39, 0.29) is 12.5 Å². The van der Waals surface area contributed by atoms with Gasteiger partial charge < -0.3 is 4.90 Å². The van der Waals surface area contributed by atoms with Gasteiger partial charge in [-0.2, -0.15) is 5.10 Å². The van der Waals surface area contributed by atoms with Gasteiger partial charge in [0.1, 0.15) is 6.54 Å². The molecule has 152 valence electrons. The fraction of sp³-hybridized carbons (Fsp3) is 0.350. The molecule has 2 aromatic heterocycles. The van der Waals surface area contributed by atoms with Crippen molar-refractivity contribution < 1.29 is 4.79 Å². The Labute approximate surface area is 187 Å². The lowest BCUT2D eigenvalue weighted by atomic mass is 10.1. The third kappa shape index (κ3) is 4.85. The van der Waals surface area contributed by atoms with E-state index in [9.17, 15) is 4.79 Å². The number of nitrogens with zero attached hydrogens (tertiary/aromatic N) is 4. The average molecular weight is 492 g/mol. The summed E-state index contributed by atoms with van der Waals surface area (Å²) >= 11 is 10.7. The van der Waals surface area contributed by atoms with Crippen LogP contribution in [0.4, 0.5) is 0 Å². The number of hydrogen-bond donors (Lipinski definition) is 1. The highest BCUT2D eigenvalue weighted by atomic mass is 79.9. The summed E-state index contributed by atoms with van der Waals surface area (Å²) in [4.78, 5) is 18.6. The first-order chi connectivity index (χ1) is 14.0. The van der Waals surface area contributed by atoms with Crippen molar-refractivity contribution in [1.82, 2.24) is 24.6 Å². The SMILES string of the molecule is Cc1ccc(-c2n[nH]c(=S)n2CC(=O)N2CCN(Cc3ccc(Br)s3)CC2)cc1. The molecule has 3 aromatic rings. The van der Waals surface area contributed by atoms with Gasteiger partial charge >= 0.3 is 0 Å². The number of thiophene rings is 1. The lowest BCUT2D eigenvalue weighted by Crippen LogP contribution is -2.49. The van der Waals surface area contributed by atoms with Crippen LogP contribution >= 0.6 is 39.5 Å². The number of carbonyl (C=O) groups excluding carboxylic acids is 1. The summed E-state index contributed by atoms with van der Waals surface area (Å²) in [6.07, 6.45) is 0. The monoisotopic (exact) mass is 491 g/mol. The summed E-state index contributed by atoms with van der Waals surface area (Å²) in [7, 11) is 0. The molecule has 4 rings (SSSR count). The van der Waals surface area contributed by atoms with Gasteiger partial charge in [-0.1, -0.05) is 29.8 Å². The van der Waals surface area contributed by atoms with Gasteiger partial charge in [-0.3, -0.25) is 19.4 Å². The zero-order chi connectivity index (χ0) is 20.4. The number of piperazine rings is 1. The molecule has 1 aliphatic rings. The number of amides is 1. The standard InChI is InChI=1S/C20H22BrN5OS2/c1-14-2-4-15(5-3-14)19-22-23-20(28)26(19)13-18(27)25-10-8-24(9-11-25)12-16-6-7-17(21)29-16/h2-7H,8-13H2,1H3,(H,23,28). The zero-order valence-corrected chi connectivity index (χ0v) is 19.3. The van der Waals surface area contributed by atoms with Crippen molar-refractivity contribution in [2.45, 2.75) is 20.0 Å². The molecule has 1 fully saturated rings. The van der Waals surface area contributed by atoms with E-state index in [2.05, 4.69) is 43.2 Å². The first-order valence-corrected chi connectivity index (χ1v) is 11.5. The third-order valence-corrected chi connectivity index (χ3v) is 7.01. The summed E-state index contributed by atoms with van der Waals surface area (Å²) in [5.41, 5.74) is 2.13. The van der Waals surface area contributed by atoms with Gasteiger partial charge in [0, 0.05) is 43.2 Å². The molecule has 1 amide bonds. The number of aromatic nitrogens is 3. The Kier molecular flexibility index (Phi) is 6.29. The van der Waals surface area contributed by atoms with Crippen LogP contribution in [0.3, 0.4) is 0 Å². The van der Waals surface area contributed by atoms with Crippen LogP contribution in [-0.2, 0) is 17.9 Å². The van der Waals surface area contributed by atoms with E-state index < -0.39 is 0 Å². The maximum Gasteiger partial charge on any atom is 0.242 e. The summed E-state index contributed by atoms with van der Waals surface area (Å²) in [5, 5.41) is 7.17. The molecule has 0 atom stereocenters. The molecule has 0 spiro atoms. The Morgan fingerprint density at radius 3 is 2.55 bits per heavy atom. The maximum absolute atomic E-state index is 12.9. The number of aryl methyl sites for hydroxylation is 1. The summed E-state index contributed by atoms with van der Waals surface area (Å²) < 4.78 is 3.41. The van der Waals surface area contributed by atoms with Gasteiger partial charge in [0.2, 0.25) is 5.91 Å². The molecule has 1 aromatic carbocycles. The zero-order valence-electron chi connectivity index (χ0n) is 16.1. The van der Waals surface area contributed by atoms with Crippen molar-refractivity contribution in [3.05, 3.63) is 55.4 Å². The number of aromatic amines is 1. The molecule has 0 aliphatic carbocycles. The molecule has 0 saturated carbocycles. The van der Waals surface area contributed by atoms with E-state index in [1.807, 2.05) is 36.1 Å². The number of nitrogens with one attached hydrogen (secondary N) is 1. The molecule has 9 heteroatoms. The van der Waals surface area contributed by atoms with Crippen LogP contribution in [0, 0.1) is 11.7 Å². The highest BCUT2D eigenvalue weighted by Gasteiger charge is 2.23. The summed E-state index contributed by atoms with van der Waals surface area (Å²) in [5.74, 6) is 0.777. The molecule has 0 bridgehead atoms. The van der Waals surface area contributed by atoms with E-state index in [0.717, 1.165) is 42.1 Å². The molecule has 1 saturated heterocycles. The van der Waals surface area contributed by atoms with Gasteiger partial charge in [0.15, 0.2) is 10.6 Å². The Morgan fingerprint density at radius 2 is 1.90 bits per heavy atom. The Bertz CT molecular complexity index is 1050. The van der Waals surface area contributed by atoms with E-state index in [0.29, 0.717) is 10.6 Å². The van der Waals surface area contributed by atoms with Crippen molar-refractivity contribution in [2.24, 2.45) is 0 Å². The van der Waals surface area contributed by atoms with Gasteiger partial charge in [0.25, 0.3) is 0 Å². The van der Waals surface area contributed by atoms with Gasteiger partial charge in [-0.05, 0) is 47.2 Å². The third-order valence-electron chi connectivity index (χ3n) is 5.09. The van der Waals surface area contributed by atoms with Crippen molar-refractivity contribution in [3.8, 4) is 11.4 Å². The molecular formula is C20H22BrN5OS2. The fourth-order valence-corrected chi connectivity index (χ4v) is 5.16. The molecule has 0 radical (unpaired) electrons. The summed E-state index contributed by atoms with van der Waals surface area (Å²) in [6, 6.07) is 12.3.